The third kappa shape index (κ3) is 3.12. The van der Waals surface area contributed by atoms with E-state index >= 15 is 0 Å². The molecule has 0 saturated carbocycles. The Balaban J connectivity index is 2.02. The normalized spacial score (nSPS) is 15.3. The average molecular weight is 276 g/mol. The fourth-order valence-electron chi connectivity index (χ4n) is 2.68. The molecule has 0 fully saturated rings. The van der Waals surface area contributed by atoms with Gasteiger partial charge in [-0.15, -0.1) is 0 Å². The van der Waals surface area contributed by atoms with Crippen molar-refractivity contribution in [1.82, 2.24) is 5.32 Å². The summed E-state index contributed by atoms with van der Waals surface area (Å²) in [4.78, 5) is 14.0. The summed E-state index contributed by atoms with van der Waals surface area (Å²) < 4.78 is 4.84. The summed E-state index contributed by atoms with van der Waals surface area (Å²) in [6.07, 6.45) is 1.10. The summed E-state index contributed by atoms with van der Waals surface area (Å²) in [5.74, 6) is 0.0175. The van der Waals surface area contributed by atoms with Crippen LogP contribution in [0.5, 0.6) is 0 Å². The van der Waals surface area contributed by atoms with Gasteiger partial charge in [0.15, 0.2) is 0 Å². The summed E-state index contributed by atoms with van der Waals surface area (Å²) >= 11 is 0. The van der Waals surface area contributed by atoms with Crippen LogP contribution < -0.4 is 10.2 Å². The zero-order valence-corrected chi connectivity index (χ0v) is 12.8. The highest BCUT2D eigenvalue weighted by Gasteiger charge is 2.22. The Bertz CT molecular complexity index is 485. The van der Waals surface area contributed by atoms with Crippen molar-refractivity contribution >= 4 is 11.7 Å². The fraction of sp³-hybridized carbons (Fsp3) is 0.562. The molecule has 0 radical (unpaired) electrons. The quantitative estimate of drug-likeness (QED) is 0.835. The van der Waals surface area contributed by atoms with Gasteiger partial charge in [0.1, 0.15) is 6.04 Å². The molecule has 1 aromatic rings. The van der Waals surface area contributed by atoms with Gasteiger partial charge in [-0.25, -0.2) is 0 Å². The standard InChI is InChI=1S/C16H24N2O2/c1-11(2)15(16(19)20-4)17-10-12-5-6-14-13(9-12)7-8-18(14)3/h5-6,9,11,15,17H,7-8,10H2,1-4H3/t15-/m0/s1. The maximum Gasteiger partial charge on any atom is 0.323 e. The van der Waals surface area contributed by atoms with Gasteiger partial charge in [-0.1, -0.05) is 26.0 Å². The third-order valence-corrected chi connectivity index (χ3v) is 3.92. The van der Waals surface area contributed by atoms with Gasteiger partial charge >= 0.3 is 5.97 Å². The number of carbonyl (C=O) groups excluding carboxylic acids is 1. The second-order valence-electron chi connectivity index (χ2n) is 5.76. The van der Waals surface area contributed by atoms with Crippen LogP contribution in [0.1, 0.15) is 25.0 Å². The number of rotatable bonds is 5. The molecule has 4 heteroatoms. The van der Waals surface area contributed by atoms with Crippen molar-refractivity contribution in [2.45, 2.75) is 32.9 Å². The first-order chi connectivity index (χ1) is 9.52. The molecule has 2 rings (SSSR count). The predicted octanol–water partition coefficient (Wildman–Crippen LogP) is 1.97. The zero-order valence-electron chi connectivity index (χ0n) is 12.8. The van der Waals surface area contributed by atoms with Crippen molar-refractivity contribution in [3.63, 3.8) is 0 Å². The van der Waals surface area contributed by atoms with E-state index in [0.717, 1.165) is 13.0 Å². The first kappa shape index (κ1) is 14.9. The largest absolute Gasteiger partial charge is 0.468 e. The molecule has 4 nitrogen and oxygen atoms in total. The lowest BCUT2D eigenvalue weighted by atomic mass is 10.0. The predicted molar refractivity (Wildman–Crippen MR) is 80.9 cm³/mol. The zero-order chi connectivity index (χ0) is 14.7. The van der Waals surface area contributed by atoms with Crippen LogP contribution in [-0.4, -0.2) is 32.7 Å². The first-order valence-corrected chi connectivity index (χ1v) is 7.17. The van der Waals surface area contributed by atoms with E-state index in [1.165, 1.54) is 23.9 Å². The summed E-state index contributed by atoms with van der Waals surface area (Å²) in [5.41, 5.74) is 3.93. The van der Waals surface area contributed by atoms with Crippen molar-refractivity contribution in [2.24, 2.45) is 5.92 Å². The van der Waals surface area contributed by atoms with Gasteiger partial charge in [-0.05, 0) is 29.5 Å². The van der Waals surface area contributed by atoms with Crippen LogP contribution in [0.4, 0.5) is 5.69 Å². The Morgan fingerprint density at radius 2 is 2.20 bits per heavy atom. The number of hydrogen-bond donors (Lipinski definition) is 1. The molecule has 110 valence electrons. The molecule has 0 spiro atoms. The van der Waals surface area contributed by atoms with Crippen LogP contribution in [-0.2, 0) is 22.5 Å². The molecule has 1 atom stereocenters. The highest BCUT2D eigenvalue weighted by Crippen LogP contribution is 2.27. The Kier molecular flexibility index (Phi) is 4.65. The van der Waals surface area contributed by atoms with E-state index in [4.69, 9.17) is 4.74 Å². The molecule has 1 aliphatic heterocycles. The Hall–Kier alpha value is -1.55. The van der Waals surface area contributed by atoms with E-state index in [-0.39, 0.29) is 17.9 Å². The number of nitrogens with one attached hydrogen (secondary N) is 1. The van der Waals surface area contributed by atoms with E-state index in [9.17, 15) is 4.79 Å². The van der Waals surface area contributed by atoms with Crippen LogP contribution in [0.15, 0.2) is 18.2 Å². The van der Waals surface area contributed by atoms with Crippen molar-refractivity contribution < 1.29 is 9.53 Å². The SMILES string of the molecule is COC(=O)[C@@H](NCc1ccc2c(c1)CCN2C)C(C)C. The van der Waals surface area contributed by atoms with Crippen molar-refractivity contribution in [3.8, 4) is 0 Å². The Morgan fingerprint density at radius 1 is 1.45 bits per heavy atom. The number of nitrogens with zero attached hydrogens (tertiary/aromatic N) is 1. The fourth-order valence-corrected chi connectivity index (χ4v) is 2.68. The lowest BCUT2D eigenvalue weighted by Gasteiger charge is -2.20. The maximum absolute atomic E-state index is 11.7. The molecule has 1 aliphatic rings. The van der Waals surface area contributed by atoms with Gasteiger partial charge in [-0.2, -0.15) is 0 Å². The highest BCUT2D eigenvalue weighted by molar-refractivity contribution is 5.75. The van der Waals surface area contributed by atoms with E-state index in [0.29, 0.717) is 6.54 Å². The van der Waals surface area contributed by atoms with E-state index in [2.05, 4.69) is 35.5 Å². The van der Waals surface area contributed by atoms with E-state index in [1.54, 1.807) is 0 Å². The lowest BCUT2D eigenvalue weighted by Crippen LogP contribution is -2.41. The summed E-state index contributed by atoms with van der Waals surface area (Å²) in [6, 6.07) is 6.28. The van der Waals surface area contributed by atoms with E-state index < -0.39 is 0 Å². The number of likely N-dealkylation sites (N-methyl/N-ethyl adjacent to an activating group) is 1. The van der Waals surface area contributed by atoms with Gasteiger partial charge in [0.05, 0.1) is 7.11 Å². The molecule has 0 aromatic heterocycles. The summed E-state index contributed by atoms with van der Waals surface area (Å²) in [6.45, 7) is 5.82. The minimum absolute atomic E-state index is 0.194. The minimum atomic E-state index is -0.254. The number of ether oxygens (including phenoxy) is 1. The van der Waals surface area contributed by atoms with E-state index in [1.807, 2.05) is 13.8 Å². The molecule has 0 bridgehead atoms. The second kappa shape index (κ2) is 6.27. The van der Waals surface area contributed by atoms with Crippen molar-refractivity contribution in [2.75, 3.05) is 25.6 Å². The van der Waals surface area contributed by atoms with Crippen LogP contribution in [0.25, 0.3) is 0 Å². The minimum Gasteiger partial charge on any atom is -0.468 e. The molecule has 1 N–H and O–H groups in total. The molecule has 1 aromatic carbocycles. The maximum atomic E-state index is 11.7. The van der Waals surface area contributed by atoms with Gasteiger partial charge < -0.3 is 15.0 Å². The molecule has 0 unspecified atom stereocenters. The van der Waals surface area contributed by atoms with Crippen LogP contribution in [0.2, 0.25) is 0 Å². The Morgan fingerprint density at radius 3 is 2.85 bits per heavy atom. The molecule has 0 amide bonds. The van der Waals surface area contributed by atoms with Gasteiger partial charge in [0.25, 0.3) is 0 Å². The summed E-state index contributed by atoms with van der Waals surface area (Å²) in [7, 11) is 3.56. The molecule has 0 aliphatic carbocycles. The van der Waals surface area contributed by atoms with Gasteiger partial charge in [0.2, 0.25) is 0 Å². The molecule has 20 heavy (non-hydrogen) atoms. The van der Waals surface area contributed by atoms with Gasteiger partial charge in [0, 0.05) is 25.8 Å². The number of hydrogen-bond acceptors (Lipinski definition) is 4. The van der Waals surface area contributed by atoms with Crippen LogP contribution in [0.3, 0.4) is 0 Å². The van der Waals surface area contributed by atoms with Gasteiger partial charge in [-0.3, -0.25) is 4.79 Å². The third-order valence-electron chi connectivity index (χ3n) is 3.92. The summed E-state index contributed by atoms with van der Waals surface area (Å²) in [5, 5.41) is 3.30. The average Bonchev–Trinajstić information content (AvgIpc) is 2.79. The van der Waals surface area contributed by atoms with Crippen LogP contribution >= 0.6 is 0 Å². The number of esters is 1. The first-order valence-electron chi connectivity index (χ1n) is 7.17. The topological polar surface area (TPSA) is 41.6 Å². The number of fused-ring (bicyclic) bond motifs is 1. The molecular formula is C16H24N2O2. The number of benzene rings is 1. The lowest BCUT2D eigenvalue weighted by molar-refractivity contribution is -0.144. The smallest absolute Gasteiger partial charge is 0.323 e. The highest BCUT2D eigenvalue weighted by atomic mass is 16.5. The number of anilines is 1. The van der Waals surface area contributed by atoms with Crippen molar-refractivity contribution in [1.29, 1.82) is 0 Å². The Labute approximate surface area is 121 Å². The number of carbonyl (C=O) groups is 1. The monoisotopic (exact) mass is 276 g/mol. The molecule has 0 saturated heterocycles. The molecule has 1 heterocycles. The van der Waals surface area contributed by atoms with Crippen molar-refractivity contribution in [3.05, 3.63) is 29.3 Å². The van der Waals surface area contributed by atoms with Crippen LogP contribution in [0, 0.1) is 5.92 Å². The second-order valence-corrected chi connectivity index (χ2v) is 5.76. The number of methoxy groups -OCH3 is 1. The molecular weight excluding hydrogens is 252 g/mol.